The van der Waals surface area contributed by atoms with E-state index in [-0.39, 0.29) is 29.8 Å². The molecular formula is C28H45F3O2. The quantitative estimate of drug-likeness (QED) is 0.404. The van der Waals surface area contributed by atoms with Gasteiger partial charge in [-0.05, 0) is 117 Å². The molecule has 5 heteroatoms. The summed E-state index contributed by atoms with van der Waals surface area (Å²) in [5.74, 6) is 2.76. The summed E-state index contributed by atoms with van der Waals surface area (Å²) in [7, 11) is 0. The molecule has 1 heterocycles. The molecule has 4 aliphatic carbocycles. The highest BCUT2D eigenvalue weighted by atomic mass is 19.4. The van der Waals surface area contributed by atoms with E-state index in [1.54, 1.807) is 0 Å². The van der Waals surface area contributed by atoms with Gasteiger partial charge in [0.2, 0.25) is 0 Å². The van der Waals surface area contributed by atoms with Crippen molar-refractivity contribution in [3.8, 4) is 0 Å². The Kier molecular flexibility index (Phi) is 6.00. The van der Waals surface area contributed by atoms with Gasteiger partial charge in [-0.15, -0.1) is 0 Å². The molecule has 0 amide bonds. The molecular weight excluding hydrogens is 425 g/mol. The molecule has 0 aromatic rings. The van der Waals surface area contributed by atoms with Gasteiger partial charge in [-0.1, -0.05) is 33.6 Å². The molecule has 0 aromatic heterocycles. The largest absolute Gasteiger partial charge is 0.417 e. The van der Waals surface area contributed by atoms with Crippen LogP contribution in [0.4, 0.5) is 13.2 Å². The minimum absolute atomic E-state index is 0.00831. The zero-order chi connectivity index (χ0) is 23.7. The lowest BCUT2D eigenvalue weighted by Gasteiger charge is -2.62. The topological polar surface area (TPSA) is 32.8 Å². The van der Waals surface area contributed by atoms with Gasteiger partial charge in [0.1, 0.15) is 0 Å². The minimum atomic E-state index is -4.50. The molecule has 1 saturated heterocycles. The van der Waals surface area contributed by atoms with Crippen molar-refractivity contribution in [3.05, 3.63) is 0 Å². The van der Waals surface area contributed by atoms with Crippen LogP contribution in [0, 0.1) is 40.4 Å². The van der Waals surface area contributed by atoms with Crippen LogP contribution in [0.2, 0.25) is 0 Å². The van der Waals surface area contributed by atoms with Crippen molar-refractivity contribution in [2.24, 2.45) is 40.4 Å². The molecule has 0 bridgehead atoms. The predicted octanol–water partition coefficient (Wildman–Crippen LogP) is 7.68. The number of hydrogen-bond donors (Lipinski definition) is 1. The standard InChI is InChI=1S/C28H45F3O2/c1-4-12-26(18-33-26)13-5-6-19-8-10-22-21-9-7-20-17-27(32,28(29,30)31)16-15-25(20,3)23(21)11-14-24(19,22)2/h19-23,32H,4-18H2,1-3H3/t19?,20?,21?,22?,23?,24?,25?,26?,27-/m0/s1. The van der Waals surface area contributed by atoms with Crippen molar-refractivity contribution < 1.29 is 23.0 Å². The number of hydrogen-bond acceptors (Lipinski definition) is 2. The zero-order valence-corrected chi connectivity index (χ0v) is 21.0. The van der Waals surface area contributed by atoms with Crippen LogP contribution in [0.5, 0.6) is 0 Å². The zero-order valence-electron chi connectivity index (χ0n) is 21.0. The van der Waals surface area contributed by atoms with Crippen molar-refractivity contribution in [1.29, 1.82) is 0 Å². The second-order valence-corrected chi connectivity index (χ2v) is 13.3. The first-order chi connectivity index (χ1) is 15.5. The van der Waals surface area contributed by atoms with Gasteiger partial charge in [0.15, 0.2) is 5.60 Å². The Bertz CT molecular complexity index is 733. The number of fused-ring (bicyclic) bond motifs is 5. The fourth-order valence-corrected chi connectivity index (χ4v) is 9.73. The molecule has 5 aliphatic rings. The lowest BCUT2D eigenvalue weighted by atomic mass is 9.43. The van der Waals surface area contributed by atoms with E-state index in [2.05, 4.69) is 20.8 Å². The van der Waals surface area contributed by atoms with E-state index in [1.165, 1.54) is 57.8 Å². The second-order valence-electron chi connectivity index (χ2n) is 13.3. The number of ether oxygens (including phenoxy) is 1. The number of halogens is 3. The van der Waals surface area contributed by atoms with Gasteiger partial charge >= 0.3 is 6.18 Å². The van der Waals surface area contributed by atoms with Crippen LogP contribution in [-0.2, 0) is 4.74 Å². The van der Waals surface area contributed by atoms with E-state index in [4.69, 9.17) is 4.74 Å². The minimum Gasteiger partial charge on any atom is -0.380 e. The SMILES string of the molecule is CCCC1(CCCC2CCC3C4CCC5C[C@](O)(C(F)(F)F)CCC5(C)C4CCC23C)CO1. The van der Waals surface area contributed by atoms with Crippen LogP contribution in [0.15, 0.2) is 0 Å². The molecule has 1 N–H and O–H groups in total. The van der Waals surface area contributed by atoms with Crippen LogP contribution in [-0.4, -0.2) is 29.1 Å². The summed E-state index contributed by atoms with van der Waals surface area (Å²) in [6.07, 6.45) is 9.03. The van der Waals surface area contributed by atoms with Gasteiger partial charge in [0.05, 0.1) is 12.2 Å². The summed E-state index contributed by atoms with van der Waals surface area (Å²) in [5, 5.41) is 10.4. The maximum Gasteiger partial charge on any atom is 0.417 e. The fourth-order valence-electron chi connectivity index (χ4n) is 9.73. The first kappa shape index (κ1) is 24.4. The van der Waals surface area contributed by atoms with E-state index in [9.17, 15) is 18.3 Å². The van der Waals surface area contributed by atoms with E-state index in [0.717, 1.165) is 31.3 Å². The fraction of sp³-hybridized carbons (Fsp3) is 1.00. The molecule has 0 radical (unpaired) electrons. The van der Waals surface area contributed by atoms with Crippen LogP contribution in [0.1, 0.15) is 111 Å². The van der Waals surface area contributed by atoms with Crippen molar-refractivity contribution in [2.75, 3.05) is 6.61 Å². The van der Waals surface area contributed by atoms with Crippen LogP contribution >= 0.6 is 0 Å². The highest BCUT2D eigenvalue weighted by Gasteiger charge is 2.65. The maximum absolute atomic E-state index is 13.6. The van der Waals surface area contributed by atoms with Crippen LogP contribution in [0.3, 0.4) is 0 Å². The molecule has 2 nitrogen and oxygen atoms in total. The van der Waals surface area contributed by atoms with Gasteiger partial charge < -0.3 is 9.84 Å². The molecule has 0 spiro atoms. The molecule has 190 valence electrons. The second kappa shape index (κ2) is 8.11. The highest BCUT2D eigenvalue weighted by molar-refractivity contribution is 5.11. The smallest absolute Gasteiger partial charge is 0.380 e. The van der Waals surface area contributed by atoms with E-state index in [1.807, 2.05) is 0 Å². The first-order valence-corrected chi connectivity index (χ1v) is 13.9. The predicted molar refractivity (Wildman–Crippen MR) is 124 cm³/mol. The molecule has 0 aromatic carbocycles. The summed E-state index contributed by atoms with van der Waals surface area (Å²) in [6, 6.07) is 0. The number of aliphatic hydroxyl groups is 1. The van der Waals surface area contributed by atoms with E-state index in [0.29, 0.717) is 23.7 Å². The monoisotopic (exact) mass is 470 g/mol. The lowest BCUT2D eigenvalue weighted by molar-refractivity contribution is -0.290. The van der Waals surface area contributed by atoms with Crippen LogP contribution in [0.25, 0.3) is 0 Å². The average Bonchev–Trinajstić information content (AvgIpc) is 3.42. The Balaban J connectivity index is 1.25. The molecule has 5 rings (SSSR count). The Morgan fingerprint density at radius 1 is 0.909 bits per heavy atom. The average molecular weight is 471 g/mol. The van der Waals surface area contributed by atoms with E-state index < -0.39 is 11.8 Å². The van der Waals surface area contributed by atoms with Gasteiger partial charge in [-0.3, -0.25) is 0 Å². The summed E-state index contributed by atoms with van der Waals surface area (Å²) in [6.45, 7) is 8.04. The van der Waals surface area contributed by atoms with Crippen LogP contribution < -0.4 is 0 Å². The highest BCUT2D eigenvalue weighted by Crippen LogP contribution is 2.69. The summed E-state index contributed by atoms with van der Waals surface area (Å²) >= 11 is 0. The van der Waals surface area contributed by atoms with E-state index >= 15 is 0 Å². The maximum atomic E-state index is 13.6. The van der Waals surface area contributed by atoms with Crippen molar-refractivity contribution >= 4 is 0 Å². The first-order valence-electron chi connectivity index (χ1n) is 13.9. The third-order valence-electron chi connectivity index (χ3n) is 11.9. The third kappa shape index (κ3) is 3.90. The molecule has 1 aliphatic heterocycles. The number of epoxide rings is 1. The Morgan fingerprint density at radius 3 is 2.30 bits per heavy atom. The summed E-state index contributed by atoms with van der Waals surface area (Å²) < 4.78 is 46.5. The number of alkyl halides is 3. The number of rotatable bonds is 6. The molecule has 5 fully saturated rings. The molecule has 33 heavy (non-hydrogen) atoms. The molecule has 8 unspecified atom stereocenters. The summed E-state index contributed by atoms with van der Waals surface area (Å²) in [4.78, 5) is 0. The normalized spacial score (nSPS) is 51.5. The Labute approximate surface area is 198 Å². The van der Waals surface area contributed by atoms with Crippen molar-refractivity contribution in [3.63, 3.8) is 0 Å². The Hall–Kier alpha value is -0.290. The van der Waals surface area contributed by atoms with Gasteiger partial charge in [-0.2, -0.15) is 13.2 Å². The third-order valence-corrected chi connectivity index (χ3v) is 11.9. The van der Waals surface area contributed by atoms with Gasteiger partial charge in [-0.25, -0.2) is 0 Å². The molecule has 4 saturated carbocycles. The Morgan fingerprint density at radius 2 is 1.64 bits per heavy atom. The van der Waals surface area contributed by atoms with Gasteiger partial charge in [0, 0.05) is 0 Å². The lowest BCUT2D eigenvalue weighted by Crippen LogP contribution is -2.59. The van der Waals surface area contributed by atoms with Crippen molar-refractivity contribution in [2.45, 2.75) is 128 Å². The molecule has 9 atom stereocenters. The van der Waals surface area contributed by atoms with Crippen molar-refractivity contribution in [1.82, 2.24) is 0 Å². The summed E-state index contributed by atoms with van der Waals surface area (Å²) in [5.41, 5.74) is -1.88. The van der Waals surface area contributed by atoms with Gasteiger partial charge in [0.25, 0.3) is 0 Å².